The minimum Gasteiger partial charge on any atom is -0.513 e. The zero-order chi connectivity index (χ0) is 13.0. The number of rotatable bonds is 5. The number of aryl methyl sites for hydroxylation is 1. The van der Waals surface area contributed by atoms with Crippen molar-refractivity contribution in [1.82, 2.24) is 9.55 Å². The molecule has 0 spiro atoms. The van der Waals surface area contributed by atoms with Crippen LogP contribution in [-0.4, -0.2) is 14.7 Å². The number of aliphatic hydroxyl groups is 1. The van der Waals surface area contributed by atoms with E-state index in [9.17, 15) is 5.11 Å². The molecule has 18 heavy (non-hydrogen) atoms. The summed E-state index contributed by atoms with van der Waals surface area (Å²) >= 11 is 0. The smallest absolute Gasteiger partial charge is 0.0951 e. The van der Waals surface area contributed by atoms with E-state index in [0.29, 0.717) is 6.42 Å². The van der Waals surface area contributed by atoms with Crippen LogP contribution in [0.4, 0.5) is 0 Å². The quantitative estimate of drug-likeness (QED) is 0.815. The number of benzene rings is 1. The Morgan fingerprint density at radius 1 is 1.39 bits per heavy atom. The summed E-state index contributed by atoms with van der Waals surface area (Å²) in [6.07, 6.45) is 6.95. The normalized spacial score (nSPS) is 12.3. The molecule has 0 aliphatic heterocycles. The van der Waals surface area contributed by atoms with Crippen LogP contribution in [0.1, 0.15) is 30.5 Å². The van der Waals surface area contributed by atoms with Crippen molar-refractivity contribution in [2.24, 2.45) is 0 Å². The van der Waals surface area contributed by atoms with Gasteiger partial charge in [-0.15, -0.1) is 0 Å². The molecule has 3 heteroatoms. The SMILES string of the molecule is C=C(O)CC(c1ccc(CC)cc1)n1ccnc1. The van der Waals surface area contributed by atoms with E-state index in [4.69, 9.17) is 0 Å². The lowest BCUT2D eigenvalue weighted by Gasteiger charge is -2.18. The maximum Gasteiger partial charge on any atom is 0.0951 e. The molecular weight excluding hydrogens is 224 g/mol. The lowest BCUT2D eigenvalue weighted by molar-refractivity contribution is 0.365. The Morgan fingerprint density at radius 3 is 2.61 bits per heavy atom. The van der Waals surface area contributed by atoms with Crippen LogP contribution in [0.3, 0.4) is 0 Å². The van der Waals surface area contributed by atoms with Gasteiger partial charge in [0.25, 0.3) is 0 Å². The molecule has 0 aliphatic carbocycles. The van der Waals surface area contributed by atoms with Gasteiger partial charge >= 0.3 is 0 Å². The summed E-state index contributed by atoms with van der Waals surface area (Å²) in [5.74, 6) is 0.188. The van der Waals surface area contributed by atoms with Crippen LogP contribution in [0.25, 0.3) is 0 Å². The first-order valence-corrected chi connectivity index (χ1v) is 6.13. The van der Waals surface area contributed by atoms with Crippen molar-refractivity contribution in [3.8, 4) is 0 Å². The molecule has 0 saturated carbocycles. The van der Waals surface area contributed by atoms with Crippen LogP contribution in [0.15, 0.2) is 55.3 Å². The van der Waals surface area contributed by atoms with Crippen LogP contribution in [0.2, 0.25) is 0 Å². The second-order valence-electron chi connectivity index (χ2n) is 4.39. The van der Waals surface area contributed by atoms with E-state index in [1.165, 1.54) is 5.56 Å². The van der Waals surface area contributed by atoms with Gasteiger partial charge in [-0.05, 0) is 17.5 Å². The van der Waals surface area contributed by atoms with Gasteiger partial charge < -0.3 is 9.67 Å². The minimum absolute atomic E-state index is 0.0518. The van der Waals surface area contributed by atoms with Gasteiger partial charge in [0.05, 0.1) is 18.1 Å². The average Bonchev–Trinajstić information content (AvgIpc) is 2.89. The zero-order valence-corrected chi connectivity index (χ0v) is 10.6. The fourth-order valence-corrected chi connectivity index (χ4v) is 2.05. The van der Waals surface area contributed by atoms with E-state index < -0.39 is 0 Å². The molecule has 94 valence electrons. The molecule has 1 heterocycles. The fourth-order valence-electron chi connectivity index (χ4n) is 2.05. The molecule has 0 radical (unpaired) electrons. The maximum absolute atomic E-state index is 9.46. The highest BCUT2D eigenvalue weighted by Crippen LogP contribution is 2.24. The summed E-state index contributed by atoms with van der Waals surface area (Å²) in [4.78, 5) is 4.06. The monoisotopic (exact) mass is 242 g/mol. The van der Waals surface area contributed by atoms with Gasteiger partial charge in [0.15, 0.2) is 0 Å². The van der Waals surface area contributed by atoms with E-state index in [2.05, 4.69) is 42.8 Å². The van der Waals surface area contributed by atoms with Crippen molar-refractivity contribution in [2.45, 2.75) is 25.8 Å². The van der Waals surface area contributed by atoms with Crippen molar-refractivity contribution in [3.63, 3.8) is 0 Å². The van der Waals surface area contributed by atoms with Gasteiger partial charge in [-0.1, -0.05) is 37.8 Å². The van der Waals surface area contributed by atoms with E-state index in [1.54, 1.807) is 12.5 Å². The second kappa shape index (κ2) is 5.54. The predicted molar refractivity (Wildman–Crippen MR) is 72.6 cm³/mol. The number of imidazole rings is 1. The van der Waals surface area contributed by atoms with Crippen molar-refractivity contribution >= 4 is 0 Å². The summed E-state index contributed by atoms with van der Waals surface area (Å²) in [5, 5.41) is 9.46. The number of aromatic nitrogens is 2. The first kappa shape index (κ1) is 12.4. The van der Waals surface area contributed by atoms with E-state index >= 15 is 0 Å². The molecule has 2 rings (SSSR count). The molecule has 3 nitrogen and oxygen atoms in total. The van der Waals surface area contributed by atoms with Gasteiger partial charge in [-0.3, -0.25) is 0 Å². The maximum atomic E-state index is 9.46. The topological polar surface area (TPSA) is 38.0 Å². The van der Waals surface area contributed by atoms with Crippen molar-refractivity contribution < 1.29 is 5.11 Å². The Morgan fingerprint density at radius 2 is 2.11 bits per heavy atom. The van der Waals surface area contributed by atoms with Crippen LogP contribution in [0.5, 0.6) is 0 Å². The van der Waals surface area contributed by atoms with Crippen LogP contribution >= 0.6 is 0 Å². The average molecular weight is 242 g/mol. The van der Waals surface area contributed by atoms with Crippen LogP contribution < -0.4 is 0 Å². The Balaban J connectivity index is 2.30. The number of allylic oxidation sites excluding steroid dienone is 1. The van der Waals surface area contributed by atoms with E-state index in [-0.39, 0.29) is 11.8 Å². The largest absolute Gasteiger partial charge is 0.513 e. The summed E-state index contributed by atoms with van der Waals surface area (Å²) in [6.45, 7) is 5.72. The highest BCUT2D eigenvalue weighted by atomic mass is 16.3. The minimum atomic E-state index is 0.0518. The highest BCUT2D eigenvalue weighted by molar-refractivity contribution is 5.26. The third-order valence-corrected chi connectivity index (χ3v) is 3.09. The zero-order valence-electron chi connectivity index (χ0n) is 10.6. The van der Waals surface area contributed by atoms with E-state index in [1.807, 2.05) is 10.8 Å². The Bertz CT molecular complexity index is 500. The number of hydrogen-bond acceptors (Lipinski definition) is 2. The number of hydrogen-bond donors (Lipinski definition) is 1. The van der Waals surface area contributed by atoms with Crippen molar-refractivity contribution in [1.29, 1.82) is 0 Å². The Hall–Kier alpha value is -2.03. The van der Waals surface area contributed by atoms with Crippen LogP contribution in [0, 0.1) is 0 Å². The summed E-state index contributed by atoms with van der Waals surface area (Å²) in [7, 11) is 0. The van der Waals surface area contributed by atoms with Gasteiger partial charge in [-0.2, -0.15) is 0 Å². The summed E-state index contributed by atoms with van der Waals surface area (Å²) in [6, 6.07) is 8.51. The van der Waals surface area contributed by atoms with Gasteiger partial charge in [0, 0.05) is 18.8 Å². The third kappa shape index (κ3) is 2.80. The molecule has 0 bridgehead atoms. The molecule has 1 N–H and O–H groups in total. The Kier molecular flexibility index (Phi) is 3.82. The fraction of sp³-hybridized carbons (Fsp3) is 0.267. The van der Waals surface area contributed by atoms with Crippen molar-refractivity contribution in [2.75, 3.05) is 0 Å². The van der Waals surface area contributed by atoms with Crippen LogP contribution in [-0.2, 0) is 6.42 Å². The Labute approximate surface area is 107 Å². The molecule has 0 fully saturated rings. The lowest BCUT2D eigenvalue weighted by Crippen LogP contribution is -2.09. The first-order chi connectivity index (χ1) is 8.70. The molecule has 1 atom stereocenters. The predicted octanol–water partition coefficient (Wildman–Crippen LogP) is 3.50. The molecule has 2 aromatic rings. The number of nitrogens with zero attached hydrogens (tertiary/aromatic N) is 2. The van der Waals surface area contributed by atoms with Gasteiger partial charge in [0.1, 0.15) is 0 Å². The molecule has 0 aliphatic rings. The molecular formula is C15H18N2O. The molecule has 0 saturated heterocycles. The summed E-state index contributed by atoms with van der Waals surface area (Å²) in [5.41, 5.74) is 2.46. The van der Waals surface area contributed by atoms with E-state index in [0.717, 1.165) is 12.0 Å². The molecule has 0 amide bonds. The molecule has 1 unspecified atom stereocenters. The summed E-state index contributed by atoms with van der Waals surface area (Å²) < 4.78 is 1.99. The van der Waals surface area contributed by atoms with Gasteiger partial charge in [0.2, 0.25) is 0 Å². The molecule has 1 aromatic heterocycles. The van der Waals surface area contributed by atoms with Gasteiger partial charge in [-0.25, -0.2) is 4.98 Å². The number of aliphatic hydroxyl groups excluding tert-OH is 1. The molecule has 1 aromatic carbocycles. The third-order valence-electron chi connectivity index (χ3n) is 3.09. The van der Waals surface area contributed by atoms with Crippen molar-refractivity contribution in [3.05, 3.63) is 66.5 Å². The second-order valence-corrected chi connectivity index (χ2v) is 4.39. The highest BCUT2D eigenvalue weighted by Gasteiger charge is 2.14. The first-order valence-electron chi connectivity index (χ1n) is 6.13. The lowest BCUT2D eigenvalue weighted by atomic mass is 10.0. The standard InChI is InChI=1S/C15H18N2O/c1-3-13-4-6-14(7-5-13)15(10-12(2)18)17-9-8-16-11-17/h4-9,11,15,18H,2-3,10H2,1H3.